The first-order chi connectivity index (χ1) is 21.6. The Morgan fingerprint density at radius 1 is 0.467 bits per heavy atom. The van der Waals surface area contributed by atoms with Crippen molar-refractivity contribution in [2.75, 3.05) is 36.0 Å². The van der Waals surface area contributed by atoms with Crippen LogP contribution in [0, 0.1) is 0 Å². The Balaban J connectivity index is 0.00000705. The number of benzene rings is 2. The molecule has 0 aliphatic rings. The maximum atomic E-state index is 2.55. The molecule has 0 radical (unpaired) electrons. The Labute approximate surface area is 293 Å². The van der Waals surface area contributed by atoms with Gasteiger partial charge in [0.1, 0.15) is 6.54 Å². The lowest BCUT2D eigenvalue weighted by molar-refractivity contribution is -0.700. The minimum Gasteiger partial charge on any atom is -1.00 e. The highest BCUT2D eigenvalue weighted by Crippen LogP contribution is 2.20. The molecule has 0 unspecified atom stereocenters. The molecular formula is C41H60IN3. The van der Waals surface area contributed by atoms with Gasteiger partial charge in [0, 0.05) is 68.3 Å². The molecule has 0 atom stereocenters. The first-order valence-corrected chi connectivity index (χ1v) is 17.7. The molecule has 1 heterocycles. The molecule has 3 aromatic rings. The summed E-state index contributed by atoms with van der Waals surface area (Å²) in [5, 5.41) is 0. The Morgan fingerprint density at radius 3 is 1.16 bits per heavy atom. The quantitative estimate of drug-likeness (QED) is 0.0818. The van der Waals surface area contributed by atoms with Crippen molar-refractivity contribution in [3.63, 3.8) is 0 Å². The Hall–Kier alpha value is -2.60. The third kappa shape index (κ3) is 13.3. The summed E-state index contributed by atoms with van der Waals surface area (Å²) in [5.74, 6) is 0. The predicted molar refractivity (Wildman–Crippen MR) is 196 cm³/mol. The fourth-order valence-electron chi connectivity index (χ4n) is 5.53. The topological polar surface area (TPSA) is 10.4 Å². The van der Waals surface area contributed by atoms with Crippen LogP contribution in [0.2, 0.25) is 0 Å². The summed E-state index contributed by atoms with van der Waals surface area (Å²) in [5.41, 5.74) is 7.67. The van der Waals surface area contributed by atoms with Gasteiger partial charge < -0.3 is 33.8 Å². The average Bonchev–Trinajstić information content (AvgIpc) is 3.06. The standard InChI is InChI=1S/C41H60N3.HI/c1-6-11-31-42(32-12-7-2)38-25-19-36(20-26-38)23-29-40-17-16-18-41(44(40)35-15-10-5)30-24-37-21-27-39(28-22-37)43(33-13-8-3)34-14-9-4;/h16-30H,6-15,31-35H2,1-5H3;1H/q+1;/p-1. The van der Waals surface area contributed by atoms with Crippen molar-refractivity contribution in [3.05, 3.63) is 89.2 Å². The van der Waals surface area contributed by atoms with Gasteiger partial charge in [-0.1, -0.05) is 91.0 Å². The second kappa shape index (κ2) is 22.8. The van der Waals surface area contributed by atoms with Crippen LogP contribution in [0.3, 0.4) is 0 Å². The van der Waals surface area contributed by atoms with Gasteiger partial charge in [-0.2, -0.15) is 4.57 Å². The van der Waals surface area contributed by atoms with Crippen LogP contribution in [0.1, 0.15) is 121 Å². The van der Waals surface area contributed by atoms with E-state index in [4.69, 9.17) is 0 Å². The van der Waals surface area contributed by atoms with Gasteiger partial charge in [-0.05, 0) is 79.3 Å². The van der Waals surface area contributed by atoms with Gasteiger partial charge in [-0.3, -0.25) is 0 Å². The van der Waals surface area contributed by atoms with Gasteiger partial charge in [0.25, 0.3) is 0 Å². The van der Waals surface area contributed by atoms with E-state index in [1.807, 2.05) is 0 Å². The first-order valence-electron chi connectivity index (χ1n) is 17.7. The van der Waals surface area contributed by atoms with E-state index in [0.717, 1.165) is 39.1 Å². The summed E-state index contributed by atoms with van der Waals surface area (Å²) in [6.45, 7) is 17.0. The molecule has 246 valence electrons. The van der Waals surface area contributed by atoms with Crippen molar-refractivity contribution in [3.8, 4) is 0 Å². The van der Waals surface area contributed by atoms with E-state index < -0.39 is 0 Å². The minimum atomic E-state index is 0. The molecule has 0 bridgehead atoms. The van der Waals surface area contributed by atoms with Gasteiger partial charge in [-0.15, -0.1) is 0 Å². The lowest BCUT2D eigenvalue weighted by Crippen LogP contribution is -3.00. The smallest absolute Gasteiger partial charge is 0.205 e. The Kier molecular flexibility index (Phi) is 19.6. The van der Waals surface area contributed by atoms with Crippen LogP contribution in [0.25, 0.3) is 24.3 Å². The lowest BCUT2D eigenvalue weighted by atomic mass is 10.1. The van der Waals surface area contributed by atoms with Crippen LogP contribution in [-0.2, 0) is 6.54 Å². The molecule has 2 aromatic carbocycles. The molecule has 45 heavy (non-hydrogen) atoms. The number of halogens is 1. The van der Waals surface area contributed by atoms with Gasteiger partial charge in [0.05, 0.1) is 0 Å². The maximum Gasteiger partial charge on any atom is 0.205 e. The minimum absolute atomic E-state index is 0. The maximum absolute atomic E-state index is 2.55. The molecule has 0 fully saturated rings. The fourth-order valence-corrected chi connectivity index (χ4v) is 5.53. The van der Waals surface area contributed by atoms with Gasteiger partial charge >= 0.3 is 0 Å². The molecule has 0 N–H and O–H groups in total. The first kappa shape index (κ1) is 38.6. The number of hydrogen-bond acceptors (Lipinski definition) is 2. The third-order valence-corrected chi connectivity index (χ3v) is 8.43. The highest BCUT2D eigenvalue weighted by molar-refractivity contribution is 5.70. The van der Waals surface area contributed by atoms with Crippen LogP contribution in [0.4, 0.5) is 11.4 Å². The normalized spacial score (nSPS) is 11.3. The fraction of sp³-hybridized carbons (Fsp3) is 0.488. The molecule has 0 saturated carbocycles. The number of anilines is 2. The van der Waals surface area contributed by atoms with E-state index in [-0.39, 0.29) is 24.0 Å². The molecule has 0 amide bonds. The molecule has 4 heteroatoms. The number of rotatable bonds is 21. The largest absolute Gasteiger partial charge is 1.00 e. The van der Waals surface area contributed by atoms with Gasteiger partial charge in [-0.25, -0.2) is 0 Å². The summed E-state index contributed by atoms with van der Waals surface area (Å²) in [7, 11) is 0. The second-order valence-corrected chi connectivity index (χ2v) is 12.1. The summed E-state index contributed by atoms with van der Waals surface area (Å²) in [6.07, 6.45) is 21.4. The summed E-state index contributed by atoms with van der Waals surface area (Å²) < 4.78 is 2.47. The van der Waals surface area contributed by atoms with Crippen molar-refractivity contribution in [2.45, 2.75) is 105 Å². The van der Waals surface area contributed by atoms with Gasteiger partial charge in [0.2, 0.25) is 11.4 Å². The van der Waals surface area contributed by atoms with Crippen LogP contribution in [0.5, 0.6) is 0 Å². The predicted octanol–water partition coefficient (Wildman–Crippen LogP) is 7.93. The highest BCUT2D eigenvalue weighted by Gasteiger charge is 2.13. The van der Waals surface area contributed by atoms with Crippen molar-refractivity contribution in [1.82, 2.24) is 0 Å². The molecule has 0 saturated heterocycles. The lowest BCUT2D eigenvalue weighted by Gasteiger charge is -2.24. The van der Waals surface area contributed by atoms with Crippen LogP contribution in [-0.4, -0.2) is 26.2 Å². The number of pyridine rings is 1. The van der Waals surface area contributed by atoms with Crippen molar-refractivity contribution < 1.29 is 28.5 Å². The van der Waals surface area contributed by atoms with Crippen LogP contribution in [0.15, 0.2) is 66.7 Å². The van der Waals surface area contributed by atoms with Crippen molar-refractivity contribution in [2.24, 2.45) is 0 Å². The van der Waals surface area contributed by atoms with E-state index in [1.54, 1.807) is 0 Å². The molecule has 1 aromatic heterocycles. The van der Waals surface area contributed by atoms with Gasteiger partial charge in [0.15, 0.2) is 0 Å². The van der Waals surface area contributed by atoms with E-state index in [9.17, 15) is 0 Å². The van der Waals surface area contributed by atoms with E-state index >= 15 is 0 Å². The van der Waals surface area contributed by atoms with E-state index in [1.165, 1.54) is 91.7 Å². The van der Waals surface area contributed by atoms with Crippen LogP contribution < -0.4 is 38.3 Å². The third-order valence-electron chi connectivity index (χ3n) is 8.43. The van der Waals surface area contributed by atoms with E-state index in [2.05, 4.69) is 140 Å². The number of unbranched alkanes of at least 4 members (excludes halogenated alkanes) is 5. The second-order valence-electron chi connectivity index (χ2n) is 12.1. The van der Waals surface area contributed by atoms with E-state index in [0.29, 0.717) is 0 Å². The van der Waals surface area contributed by atoms with Crippen LogP contribution >= 0.6 is 0 Å². The zero-order chi connectivity index (χ0) is 31.4. The number of nitrogens with zero attached hydrogens (tertiary/aromatic N) is 3. The molecule has 3 nitrogen and oxygen atoms in total. The number of aromatic nitrogens is 1. The molecular weight excluding hydrogens is 661 g/mol. The molecule has 0 aliphatic carbocycles. The summed E-state index contributed by atoms with van der Waals surface area (Å²) in [4.78, 5) is 5.11. The monoisotopic (exact) mass is 721 g/mol. The SMILES string of the molecule is CCCCN(CCCC)c1ccc(C=Cc2cccc(C=Cc3ccc(N(CCCC)CCCC)cc3)[n+]2CCCC)cc1.[I-]. The Bertz CT molecular complexity index is 1140. The average molecular weight is 722 g/mol. The zero-order valence-corrected chi connectivity index (χ0v) is 31.1. The van der Waals surface area contributed by atoms with Crippen molar-refractivity contribution in [1.29, 1.82) is 0 Å². The number of hydrogen-bond donors (Lipinski definition) is 0. The molecule has 3 rings (SSSR count). The zero-order valence-electron chi connectivity index (χ0n) is 29.0. The summed E-state index contributed by atoms with van der Waals surface area (Å²) in [6, 6.07) is 24.9. The summed E-state index contributed by atoms with van der Waals surface area (Å²) >= 11 is 0. The highest BCUT2D eigenvalue weighted by atomic mass is 127. The Morgan fingerprint density at radius 2 is 0.822 bits per heavy atom. The molecule has 0 spiro atoms. The van der Waals surface area contributed by atoms with Crippen molar-refractivity contribution >= 4 is 35.7 Å². The molecule has 0 aliphatic heterocycles.